The van der Waals surface area contributed by atoms with Crippen LogP contribution in [-0.4, -0.2) is 161 Å². The number of ether oxygens (including phenoxy) is 2. The monoisotopic (exact) mass is 784 g/mol. The number of rotatable bonds is 22. The van der Waals surface area contributed by atoms with Crippen molar-refractivity contribution in [2.24, 2.45) is 23.3 Å². The van der Waals surface area contributed by atoms with Crippen molar-refractivity contribution in [3.63, 3.8) is 0 Å². The van der Waals surface area contributed by atoms with Gasteiger partial charge in [-0.2, -0.15) is 0 Å². The molecule has 0 aromatic carbocycles. The number of carboxylic acids is 2. The largest absolute Gasteiger partial charge is 0.478 e. The summed E-state index contributed by atoms with van der Waals surface area (Å²) >= 11 is 0. The Bertz CT molecular complexity index is 1410. The van der Waals surface area contributed by atoms with E-state index in [1.165, 1.54) is 12.2 Å². The van der Waals surface area contributed by atoms with Gasteiger partial charge >= 0.3 is 19.5 Å². The fourth-order valence-electron chi connectivity index (χ4n) is 6.37. The van der Waals surface area contributed by atoms with Gasteiger partial charge in [0, 0.05) is 61.8 Å². The lowest BCUT2D eigenvalue weighted by Gasteiger charge is -2.36. The quantitative estimate of drug-likeness (QED) is 0.0275. The Morgan fingerprint density at radius 3 is 1.36 bits per heavy atom. The van der Waals surface area contributed by atoms with Gasteiger partial charge in [0.2, 0.25) is 23.6 Å². The van der Waals surface area contributed by atoms with Crippen LogP contribution < -0.4 is 43.2 Å². The highest BCUT2D eigenvalue weighted by Crippen LogP contribution is 2.32. The molecule has 0 saturated heterocycles. The van der Waals surface area contributed by atoms with Gasteiger partial charge < -0.3 is 83.3 Å². The molecule has 25 heteroatoms. The summed E-state index contributed by atoms with van der Waals surface area (Å²) < 4.78 is 11.2. The van der Waals surface area contributed by atoms with Crippen LogP contribution in [0.2, 0.25) is 0 Å². The van der Waals surface area contributed by atoms with Gasteiger partial charge in [0.05, 0.1) is 25.3 Å². The lowest BCUT2D eigenvalue weighted by molar-refractivity contribution is -0.135. The van der Waals surface area contributed by atoms with Crippen LogP contribution >= 0.6 is 0 Å². The van der Waals surface area contributed by atoms with Crippen molar-refractivity contribution in [3.05, 3.63) is 23.3 Å². The summed E-state index contributed by atoms with van der Waals surface area (Å²) in [5, 5.41) is 89.9. The van der Waals surface area contributed by atoms with Gasteiger partial charge in [-0.3, -0.25) is 30.0 Å². The van der Waals surface area contributed by atoms with Crippen molar-refractivity contribution < 1.29 is 68.9 Å². The maximum absolute atomic E-state index is 12.7. The molecule has 0 aliphatic heterocycles. The maximum Gasteiger partial charge on any atom is 0.355 e. The Kier molecular flexibility index (Phi) is 17.9. The standard InChI is InChI=1S/C30H49BN10O14/c1-11(44)36-23(15-3-13(27(50)51)5-17(15)38-29(32)33)25(19(46)7-42)54-9-21(48)40-31-41-22(49)10-55-26(20(47)8-43)24(37-12(2)45)16-4-14(28(52)53)6-18(16)39-30(34)35/h3-4,15-20,23-26,31,42-43,46-47H,5-10H2,1-2H3,(H,36,44)(H,37,45)(H,40,48)(H,41,49)(H,50,51)(H,52,53)(H4,32,33,38)(H4,34,35,39)/t15-,16-,17-,18-,19+,20+,23+,24+,25+,26+/m1/s1. The highest BCUT2D eigenvalue weighted by molar-refractivity contribution is 6.38. The Morgan fingerprint density at radius 2 is 1.09 bits per heavy atom. The number of carboxylic acid groups (broad SMARTS) is 2. The number of carbonyl (C=O) groups excluding carboxylic acids is 4. The maximum atomic E-state index is 12.7. The molecular formula is C30H49BN10O14. The van der Waals surface area contributed by atoms with Crippen LogP contribution in [0.3, 0.4) is 0 Å². The molecule has 2 aliphatic rings. The number of hydrogen-bond acceptors (Lipinski definition) is 14. The third kappa shape index (κ3) is 14.1. The second kappa shape index (κ2) is 21.5. The predicted molar refractivity (Wildman–Crippen MR) is 190 cm³/mol. The molecule has 24 nitrogen and oxygen atoms in total. The third-order valence-corrected chi connectivity index (χ3v) is 8.62. The van der Waals surface area contributed by atoms with E-state index in [-0.39, 0.29) is 24.0 Å². The van der Waals surface area contributed by atoms with E-state index in [0.29, 0.717) is 0 Å². The summed E-state index contributed by atoms with van der Waals surface area (Å²) in [4.78, 5) is 73.1. The van der Waals surface area contributed by atoms with E-state index < -0.39 is 142 Å². The average molecular weight is 785 g/mol. The summed E-state index contributed by atoms with van der Waals surface area (Å²) in [5.41, 5.74) is 10.7. The molecule has 2 rings (SSSR count). The second-order valence-electron chi connectivity index (χ2n) is 12.8. The molecular weight excluding hydrogens is 735 g/mol. The number of nitrogens with two attached hydrogens (primary N) is 2. The van der Waals surface area contributed by atoms with Crippen LogP contribution in [0.1, 0.15) is 26.7 Å². The number of carbonyl (C=O) groups is 6. The van der Waals surface area contributed by atoms with E-state index in [4.69, 9.17) is 31.8 Å². The SMILES string of the molecule is CC(=O)N[C@@H]([C@@H]1C=C(C(=O)O)C[C@H]1NC(=N)N)[C@@H](OCC(=O)NBNC(=O)CO[C@H]([C@@H](NC(C)=O)[C@@H]1C=C(C(=O)O)C[C@H]1NC(=N)N)[C@@H](O)CO)[C@@H](O)CO. The molecule has 2 aliphatic carbocycles. The average Bonchev–Trinajstić information content (AvgIpc) is 3.70. The first-order chi connectivity index (χ1) is 25.8. The first-order valence-electron chi connectivity index (χ1n) is 16.8. The number of nitrogens with one attached hydrogen (secondary N) is 8. The van der Waals surface area contributed by atoms with Crippen molar-refractivity contribution in [1.29, 1.82) is 10.8 Å². The second-order valence-corrected chi connectivity index (χ2v) is 12.8. The van der Waals surface area contributed by atoms with Gasteiger partial charge in [0.15, 0.2) is 11.9 Å². The molecule has 306 valence electrons. The summed E-state index contributed by atoms with van der Waals surface area (Å²) in [6.07, 6.45) is -4.11. The van der Waals surface area contributed by atoms with Crippen molar-refractivity contribution in [3.8, 4) is 0 Å². The third-order valence-electron chi connectivity index (χ3n) is 8.62. The van der Waals surface area contributed by atoms with Gasteiger partial charge in [0.25, 0.3) is 0 Å². The topological polar surface area (TPSA) is 414 Å². The summed E-state index contributed by atoms with van der Waals surface area (Å²) in [6.45, 7) is -1.13. The lowest BCUT2D eigenvalue weighted by atomic mass is 9.88. The minimum atomic E-state index is -1.70. The van der Waals surface area contributed by atoms with E-state index in [1.807, 2.05) is 0 Å². The van der Waals surface area contributed by atoms with Crippen molar-refractivity contribution >= 4 is 55.0 Å². The van der Waals surface area contributed by atoms with Gasteiger partial charge in [-0.05, 0) is 0 Å². The van der Waals surface area contributed by atoms with E-state index in [0.717, 1.165) is 13.8 Å². The van der Waals surface area contributed by atoms with Gasteiger partial charge in [-0.25, -0.2) is 9.59 Å². The summed E-state index contributed by atoms with van der Waals surface area (Å²) in [5.74, 6) is -8.48. The summed E-state index contributed by atoms with van der Waals surface area (Å²) in [7, 11) is -0.523. The number of aliphatic hydroxyl groups excluding tert-OH is 4. The molecule has 4 amide bonds. The summed E-state index contributed by atoms with van der Waals surface area (Å²) in [6, 6.07) is -4.20. The van der Waals surface area contributed by atoms with Gasteiger partial charge in [0.1, 0.15) is 37.6 Å². The Hall–Kier alpha value is -5.34. The highest BCUT2D eigenvalue weighted by Gasteiger charge is 2.44. The van der Waals surface area contributed by atoms with Crippen LogP contribution in [0, 0.1) is 22.7 Å². The van der Waals surface area contributed by atoms with Gasteiger partial charge in [-0.15, -0.1) is 0 Å². The molecule has 0 fully saturated rings. The molecule has 0 aromatic heterocycles. The zero-order valence-corrected chi connectivity index (χ0v) is 30.0. The van der Waals surface area contributed by atoms with Crippen molar-refractivity contribution in [1.82, 2.24) is 31.7 Å². The molecule has 0 spiro atoms. The first kappa shape index (κ1) is 45.8. The highest BCUT2D eigenvalue weighted by atomic mass is 16.5. The fraction of sp³-hybridized carbons (Fsp3) is 0.600. The van der Waals surface area contributed by atoms with Crippen LogP contribution in [0.4, 0.5) is 0 Å². The first-order valence-corrected chi connectivity index (χ1v) is 16.8. The van der Waals surface area contributed by atoms with Crippen LogP contribution in [0.25, 0.3) is 0 Å². The smallest absolute Gasteiger partial charge is 0.355 e. The molecule has 0 aromatic rings. The van der Waals surface area contributed by atoms with E-state index in [9.17, 15) is 59.4 Å². The molecule has 55 heavy (non-hydrogen) atoms. The minimum absolute atomic E-state index is 0.0893. The van der Waals surface area contributed by atoms with Crippen molar-refractivity contribution in [2.45, 2.75) is 75.3 Å². The number of hydrogen-bond donors (Lipinski definition) is 16. The molecule has 10 atom stereocenters. The van der Waals surface area contributed by atoms with E-state index in [2.05, 4.69) is 31.7 Å². The molecule has 0 unspecified atom stereocenters. The normalized spacial score (nSPS) is 22.2. The zero-order valence-electron chi connectivity index (χ0n) is 30.0. The minimum Gasteiger partial charge on any atom is -0.478 e. The Balaban J connectivity index is 2.12. The number of guanidine groups is 2. The Labute approximate surface area is 314 Å². The molecule has 0 heterocycles. The lowest BCUT2D eigenvalue weighted by Crippen LogP contribution is -2.58. The van der Waals surface area contributed by atoms with Crippen molar-refractivity contribution in [2.75, 3.05) is 26.4 Å². The Morgan fingerprint density at radius 1 is 0.745 bits per heavy atom. The van der Waals surface area contributed by atoms with Crippen LogP contribution in [0.15, 0.2) is 23.3 Å². The molecule has 0 bridgehead atoms. The molecule has 0 radical (unpaired) electrons. The number of aliphatic carboxylic acids is 2. The van der Waals surface area contributed by atoms with Gasteiger partial charge in [-0.1, -0.05) is 12.2 Å². The molecule has 0 saturated carbocycles. The predicted octanol–water partition coefficient (Wildman–Crippen LogP) is -7.26. The van der Waals surface area contributed by atoms with E-state index >= 15 is 0 Å². The number of aliphatic hydroxyl groups is 4. The number of amides is 4. The fourth-order valence-corrected chi connectivity index (χ4v) is 6.37. The molecule has 18 N–H and O–H groups in total. The van der Waals surface area contributed by atoms with Crippen LogP contribution in [-0.2, 0) is 38.2 Å². The van der Waals surface area contributed by atoms with E-state index in [1.54, 1.807) is 0 Å². The zero-order chi connectivity index (χ0) is 41.6. The van der Waals surface area contributed by atoms with Crippen LogP contribution in [0.5, 0.6) is 0 Å².